The third kappa shape index (κ3) is 4.16. The highest BCUT2D eigenvalue weighted by Crippen LogP contribution is 2.46. The van der Waals surface area contributed by atoms with Crippen LogP contribution in [0.15, 0.2) is 36.7 Å². The number of aromatic amines is 1. The Bertz CT molecular complexity index is 856. The Balaban J connectivity index is 1.14. The zero-order valence-corrected chi connectivity index (χ0v) is 17.8. The Kier molecular flexibility index (Phi) is 5.61. The van der Waals surface area contributed by atoms with Crippen LogP contribution in [0.5, 0.6) is 0 Å². The fraction of sp³-hybridized carbons (Fsp3) is 0.583. The van der Waals surface area contributed by atoms with Crippen LogP contribution in [0, 0.1) is 5.41 Å². The number of hydrogen-bond acceptors (Lipinski definition) is 4. The van der Waals surface area contributed by atoms with Gasteiger partial charge in [0.15, 0.2) is 0 Å². The maximum atomic E-state index is 12.9. The number of rotatable bonds is 5. The van der Waals surface area contributed by atoms with Crippen LogP contribution in [-0.4, -0.2) is 57.9 Å². The first kappa shape index (κ1) is 19.8. The number of benzene rings is 1. The van der Waals surface area contributed by atoms with E-state index in [0.717, 1.165) is 51.4 Å². The molecule has 0 radical (unpaired) electrons. The average molecular weight is 408 g/mol. The van der Waals surface area contributed by atoms with Crippen LogP contribution in [0.25, 0.3) is 0 Å². The molecule has 1 spiro atoms. The third-order valence-electron chi connectivity index (χ3n) is 7.60. The van der Waals surface area contributed by atoms with Crippen molar-refractivity contribution in [1.82, 2.24) is 25.1 Å². The van der Waals surface area contributed by atoms with Gasteiger partial charge in [-0.05, 0) is 61.7 Å². The standard InChI is InChI=1S/C24H33N5O/c30-23(18-29-13-7-19-4-1-2-5-20(19)16-29)27-21-6-3-8-24(21)9-14-28(15-10-24)17-22-25-11-12-26-22/h1-2,4-5,11-12,21H,3,6-10,13-18H2,(H,25,26)(H,27,30). The summed E-state index contributed by atoms with van der Waals surface area (Å²) in [6.45, 7) is 5.47. The Morgan fingerprint density at radius 1 is 1.13 bits per heavy atom. The second-order valence-electron chi connectivity index (χ2n) is 9.42. The number of piperidine rings is 1. The Morgan fingerprint density at radius 3 is 2.77 bits per heavy atom. The number of amides is 1. The summed E-state index contributed by atoms with van der Waals surface area (Å²) in [4.78, 5) is 25.3. The van der Waals surface area contributed by atoms with Gasteiger partial charge in [0, 0.05) is 31.5 Å². The van der Waals surface area contributed by atoms with Crippen molar-refractivity contribution in [2.45, 2.75) is 57.7 Å². The van der Waals surface area contributed by atoms with E-state index in [-0.39, 0.29) is 5.91 Å². The van der Waals surface area contributed by atoms with Gasteiger partial charge < -0.3 is 10.3 Å². The summed E-state index contributed by atoms with van der Waals surface area (Å²) in [6, 6.07) is 8.96. The minimum absolute atomic E-state index is 0.207. The van der Waals surface area contributed by atoms with E-state index in [9.17, 15) is 4.79 Å². The van der Waals surface area contributed by atoms with Gasteiger partial charge in [-0.15, -0.1) is 0 Å². The molecule has 1 aromatic carbocycles. The number of H-pyrrole nitrogens is 1. The molecule has 2 N–H and O–H groups in total. The molecule has 1 saturated carbocycles. The molecule has 30 heavy (non-hydrogen) atoms. The monoisotopic (exact) mass is 407 g/mol. The number of nitrogens with one attached hydrogen (secondary N) is 2. The maximum absolute atomic E-state index is 12.9. The zero-order valence-electron chi connectivity index (χ0n) is 17.8. The highest BCUT2D eigenvalue weighted by molar-refractivity contribution is 5.78. The van der Waals surface area contributed by atoms with Crippen LogP contribution < -0.4 is 5.32 Å². The molecule has 1 aliphatic carbocycles. The molecule has 1 atom stereocenters. The lowest BCUT2D eigenvalue weighted by Crippen LogP contribution is -2.52. The molecule has 2 aromatic rings. The number of carbonyl (C=O) groups is 1. The van der Waals surface area contributed by atoms with Gasteiger partial charge in [-0.25, -0.2) is 4.98 Å². The van der Waals surface area contributed by atoms with E-state index in [1.807, 2.05) is 12.4 Å². The fourth-order valence-electron chi connectivity index (χ4n) is 5.85. The van der Waals surface area contributed by atoms with Crippen molar-refractivity contribution in [2.75, 3.05) is 26.2 Å². The van der Waals surface area contributed by atoms with Gasteiger partial charge in [-0.1, -0.05) is 30.7 Å². The van der Waals surface area contributed by atoms with Gasteiger partial charge in [-0.2, -0.15) is 0 Å². The van der Waals surface area contributed by atoms with E-state index in [2.05, 4.69) is 49.4 Å². The molecule has 1 amide bonds. The number of aromatic nitrogens is 2. The molecule has 1 saturated heterocycles. The van der Waals surface area contributed by atoms with Crippen molar-refractivity contribution in [2.24, 2.45) is 5.41 Å². The number of likely N-dealkylation sites (tertiary alicyclic amines) is 1. The molecule has 1 unspecified atom stereocenters. The van der Waals surface area contributed by atoms with Gasteiger partial charge in [-0.3, -0.25) is 14.6 Å². The number of nitrogens with zero attached hydrogens (tertiary/aromatic N) is 3. The van der Waals surface area contributed by atoms with Crippen LogP contribution in [-0.2, 0) is 24.3 Å². The zero-order chi connectivity index (χ0) is 20.4. The van der Waals surface area contributed by atoms with Gasteiger partial charge in [0.05, 0.1) is 13.1 Å². The molecule has 6 heteroatoms. The van der Waals surface area contributed by atoms with Crippen LogP contribution in [0.1, 0.15) is 49.1 Å². The summed E-state index contributed by atoms with van der Waals surface area (Å²) < 4.78 is 0. The Labute approximate surface area is 179 Å². The first-order chi connectivity index (χ1) is 14.7. The molecule has 2 fully saturated rings. The molecule has 160 valence electrons. The largest absolute Gasteiger partial charge is 0.352 e. The maximum Gasteiger partial charge on any atom is 0.234 e. The van der Waals surface area contributed by atoms with Gasteiger partial charge >= 0.3 is 0 Å². The van der Waals surface area contributed by atoms with Crippen molar-refractivity contribution in [3.05, 3.63) is 53.6 Å². The second-order valence-corrected chi connectivity index (χ2v) is 9.42. The fourth-order valence-corrected chi connectivity index (χ4v) is 5.85. The molecule has 1 aromatic heterocycles. The smallest absolute Gasteiger partial charge is 0.234 e. The molecule has 0 bridgehead atoms. The number of carbonyl (C=O) groups excluding carboxylic acids is 1. The summed E-state index contributed by atoms with van der Waals surface area (Å²) in [5.74, 6) is 1.25. The summed E-state index contributed by atoms with van der Waals surface area (Å²) >= 11 is 0. The van der Waals surface area contributed by atoms with Crippen molar-refractivity contribution in [1.29, 1.82) is 0 Å². The van der Waals surface area contributed by atoms with Crippen molar-refractivity contribution >= 4 is 5.91 Å². The van der Waals surface area contributed by atoms with E-state index in [0.29, 0.717) is 18.0 Å². The lowest BCUT2D eigenvalue weighted by molar-refractivity contribution is -0.124. The highest BCUT2D eigenvalue weighted by Gasteiger charge is 2.45. The van der Waals surface area contributed by atoms with E-state index in [1.54, 1.807) is 0 Å². The van der Waals surface area contributed by atoms with Gasteiger partial charge in [0.2, 0.25) is 5.91 Å². The lowest BCUT2D eigenvalue weighted by atomic mass is 9.74. The molecule has 5 rings (SSSR count). The third-order valence-corrected chi connectivity index (χ3v) is 7.60. The SMILES string of the molecule is O=C(CN1CCc2ccccc2C1)NC1CCCC12CCN(Cc1ncc[nH]1)CC2. The minimum Gasteiger partial charge on any atom is -0.352 e. The first-order valence-corrected chi connectivity index (χ1v) is 11.5. The van der Waals surface area contributed by atoms with E-state index < -0.39 is 0 Å². The summed E-state index contributed by atoms with van der Waals surface area (Å²) in [7, 11) is 0. The molecular weight excluding hydrogens is 374 g/mol. The van der Waals surface area contributed by atoms with Crippen molar-refractivity contribution in [3.8, 4) is 0 Å². The normalized spacial score (nSPS) is 24.1. The second kappa shape index (κ2) is 8.52. The summed E-state index contributed by atoms with van der Waals surface area (Å²) in [5, 5.41) is 3.45. The number of fused-ring (bicyclic) bond motifs is 1. The average Bonchev–Trinajstić information content (AvgIpc) is 3.40. The first-order valence-electron chi connectivity index (χ1n) is 11.5. The Hall–Kier alpha value is -2.18. The van der Waals surface area contributed by atoms with E-state index in [1.165, 1.54) is 36.8 Å². The Morgan fingerprint density at radius 2 is 1.97 bits per heavy atom. The molecule has 3 heterocycles. The topological polar surface area (TPSA) is 64.3 Å². The van der Waals surface area contributed by atoms with E-state index >= 15 is 0 Å². The van der Waals surface area contributed by atoms with Gasteiger partial charge in [0.1, 0.15) is 5.82 Å². The van der Waals surface area contributed by atoms with E-state index in [4.69, 9.17) is 0 Å². The van der Waals surface area contributed by atoms with Crippen LogP contribution in [0.3, 0.4) is 0 Å². The molecule has 3 aliphatic rings. The van der Waals surface area contributed by atoms with Gasteiger partial charge in [0.25, 0.3) is 0 Å². The lowest BCUT2D eigenvalue weighted by Gasteiger charge is -2.43. The summed E-state index contributed by atoms with van der Waals surface area (Å²) in [5.41, 5.74) is 3.10. The molecular formula is C24H33N5O. The molecule has 2 aliphatic heterocycles. The molecule has 6 nitrogen and oxygen atoms in total. The van der Waals surface area contributed by atoms with Crippen molar-refractivity contribution < 1.29 is 4.79 Å². The van der Waals surface area contributed by atoms with Crippen LogP contribution in [0.4, 0.5) is 0 Å². The van der Waals surface area contributed by atoms with Crippen molar-refractivity contribution in [3.63, 3.8) is 0 Å². The minimum atomic E-state index is 0.207. The number of hydrogen-bond donors (Lipinski definition) is 2. The predicted octanol–water partition coefficient (Wildman–Crippen LogP) is 2.72. The van der Waals surface area contributed by atoms with Crippen LogP contribution >= 0.6 is 0 Å². The quantitative estimate of drug-likeness (QED) is 0.800. The summed E-state index contributed by atoms with van der Waals surface area (Å²) in [6.07, 6.45) is 10.7. The highest BCUT2D eigenvalue weighted by atomic mass is 16.2. The number of imidazole rings is 1. The van der Waals surface area contributed by atoms with Crippen LogP contribution in [0.2, 0.25) is 0 Å². The predicted molar refractivity (Wildman–Crippen MR) is 117 cm³/mol.